The number of hydrogen-bond donors (Lipinski definition) is 2. The van der Waals surface area contributed by atoms with Gasteiger partial charge in [0.2, 0.25) is 5.91 Å². The second-order valence-electron chi connectivity index (χ2n) is 9.20. The van der Waals surface area contributed by atoms with Gasteiger partial charge in [-0.1, -0.05) is 20.8 Å². The molecule has 0 aromatic carbocycles. The number of nitrogens with zero attached hydrogens (tertiary/aromatic N) is 1. The van der Waals surface area contributed by atoms with Crippen molar-refractivity contribution in [2.45, 2.75) is 58.0 Å². The maximum absolute atomic E-state index is 14.2. The van der Waals surface area contributed by atoms with Crippen molar-refractivity contribution in [3.8, 4) is 0 Å². The van der Waals surface area contributed by atoms with E-state index in [1.807, 2.05) is 0 Å². The molecule has 6 nitrogen and oxygen atoms in total. The molecule has 2 amide bonds. The minimum absolute atomic E-state index is 0.0255. The molecule has 28 heavy (non-hydrogen) atoms. The molecule has 0 spiro atoms. The van der Waals surface area contributed by atoms with Crippen molar-refractivity contribution in [1.29, 1.82) is 0 Å². The first kappa shape index (κ1) is 20.9. The quantitative estimate of drug-likeness (QED) is 0.700. The van der Waals surface area contributed by atoms with Gasteiger partial charge < -0.3 is 15.3 Å². The molecule has 0 radical (unpaired) electrons. The van der Waals surface area contributed by atoms with E-state index in [0.717, 1.165) is 4.90 Å². The SMILES string of the molecule is CC(C)(C)[C@H](NC(=O)C(F)(F)F)C(=O)N1C[C@@H]2[C@H]3C[C@@H]([C@@H]2[C@H]1C(=O)O)[C@H](F)C3. The van der Waals surface area contributed by atoms with Crippen molar-refractivity contribution in [3.63, 3.8) is 0 Å². The van der Waals surface area contributed by atoms with Crippen LogP contribution in [0.25, 0.3) is 0 Å². The summed E-state index contributed by atoms with van der Waals surface area (Å²) in [4.78, 5) is 37.5. The second kappa shape index (κ2) is 6.59. The molecule has 2 saturated carbocycles. The van der Waals surface area contributed by atoms with Gasteiger partial charge in [-0.25, -0.2) is 9.18 Å². The first-order valence-electron chi connectivity index (χ1n) is 9.28. The van der Waals surface area contributed by atoms with E-state index < -0.39 is 59.5 Å². The maximum Gasteiger partial charge on any atom is 0.471 e. The number of hydrogen-bond acceptors (Lipinski definition) is 3. The molecular weight excluding hydrogens is 384 g/mol. The number of likely N-dealkylation sites (tertiary alicyclic amines) is 1. The van der Waals surface area contributed by atoms with Crippen molar-refractivity contribution in [2.75, 3.05) is 6.54 Å². The summed E-state index contributed by atoms with van der Waals surface area (Å²) in [5, 5.41) is 11.4. The van der Waals surface area contributed by atoms with Gasteiger partial charge in [0, 0.05) is 12.5 Å². The summed E-state index contributed by atoms with van der Waals surface area (Å²) < 4.78 is 52.3. The smallest absolute Gasteiger partial charge is 0.471 e. The molecule has 2 bridgehead atoms. The average molecular weight is 408 g/mol. The molecule has 1 saturated heterocycles. The van der Waals surface area contributed by atoms with Gasteiger partial charge in [0.05, 0.1) is 0 Å². The number of nitrogens with one attached hydrogen (secondary N) is 1. The van der Waals surface area contributed by atoms with Gasteiger partial charge in [-0.2, -0.15) is 13.2 Å². The molecule has 3 rings (SSSR count). The van der Waals surface area contributed by atoms with Crippen LogP contribution in [0.15, 0.2) is 0 Å². The van der Waals surface area contributed by atoms with Crippen LogP contribution in [0.3, 0.4) is 0 Å². The van der Waals surface area contributed by atoms with Crippen molar-refractivity contribution in [2.24, 2.45) is 29.1 Å². The number of carbonyl (C=O) groups is 3. The number of halogens is 4. The van der Waals surface area contributed by atoms with Crippen molar-refractivity contribution in [1.82, 2.24) is 10.2 Å². The first-order valence-corrected chi connectivity index (χ1v) is 9.28. The highest BCUT2D eigenvalue weighted by atomic mass is 19.4. The highest BCUT2D eigenvalue weighted by Gasteiger charge is 2.63. The van der Waals surface area contributed by atoms with Crippen LogP contribution in [0.1, 0.15) is 33.6 Å². The third kappa shape index (κ3) is 3.34. The first-order chi connectivity index (χ1) is 12.7. The standard InChI is InChI=1S/C18H24F4N2O4/c1-17(2,3)13(23-16(28)18(20,21)22)14(25)24-6-9-7-4-8(10(19)5-7)11(9)12(24)15(26)27/h7-13H,4-6H2,1-3H3,(H,23,28)(H,26,27)/t7-,8+,9+,10+,11-,12-,13+/m0/s1. The molecule has 3 aliphatic rings. The number of carbonyl (C=O) groups excluding carboxylic acids is 2. The summed E-state index contributed by atoms with van der Waals surface area (Å²) in [5.41, 5.74) is -1.08. The maximum atomic E-state index is 14.2. The lowest BCUT2D eigenvalue weighted by Crippen LogP contribution is -2.59. The molecule has 1 heterocycles. The average Bonchev–Trinajstić information content (AvgIpc) is 3.18. The Kier molecular flexibility index (Phi) is 4.91. The predicted molar refractivity (Wildman–Crippen MR) is 88.7 cm³/mol. The zero-order valence-corrected chi connectivity index (χ0v) is 15.8. The lowest BCUT2D eigenvalue weighted by atomic mass is 9.77. The molecule has 3 fully saturated rings. The second-order valence-corrected chi connectivity index (χ2v) is 9.20. The van der Waals surface area contributed by atoms with E-state index in [0.29, 0.717) is 12.8 Å². The van der Waals surface area contributed by atoms with Crippen LogP contribution < -0.4 is 5.32 Å². The lowest BCUT2D eigenvalue weighted by molar-refractivity contribution is -0.176. The molecular formula is C18H24F4N2O4. The van der Waals surface area contributed by atoms with E-state index in [-0.39, 0.29) is 18.4 Å². The third-order valence-electron chi connectivity index (χ3n) is 6.45. The van der Waals surface area contributed by atoms with Gasteiger partial charge in [-0.3, -0.25) is 9.59 Å². The number of fused-ring (bicyclic) bond motifs is 5. The molecule has 0 aromatic rings. The van der Waals surface area contributed by atoms with Gasteiger partial charge in [0.1, 0.15) is 18.3 Å². The number of carboxylic acids is 1. The molecule has 1 aliphatic heterocycles. The van der Waals surface area contributed by atoms with Gasteiger partial charge >= 0.3 is 18.1 Å². The van der Waals surface area contributed by atoms with Crippen LogP contribution in [-0.2, 0) is 14.4 Å². The van der Waals surface area contributed by atoms with Gasteiger partial charge in [-0.15, -0.1) is 0 Å². The number of rotatable bonds is 3. The number of alkyl halides is 4. The normalized spacial score (nSPS) is 35.6. The van der Waals surface area contributed by atoms with E-state index in [1.165, 1.54) is 20.8 Å². The Morgan fingerprint density at radius 1 is 1.11 bits per heavy atom. The highest BCUT2D eigenvalue weighted by molar-refractivity contribution is 5.93. The predicted octanol–water partition coefficient (Wildman–Crippen LogP) is 1.99. The molecule has 10 heteroatoms. The van der Waals surface area contributed by atoms with Gasteiger partial charge in [0.15, 0.2) is 0 Å². The summed E-state index contributed by atoms with van der Waals surface area (Å²) in [5.74, 6) is -5.63. The van der Waals surface area contributed by atoms with Crippen LogP contribution >= 0.6 is 0 Å². The molecule has 0 unspecified atom stereocenters. The summed E-state index contributed by atoms with van der Waals surface area (Å²) in [7, 11) is 0. The molecule has 158 valence electrons. The lowest BCUT2D eigenvalue weighted by Gasteiger charge is -2.36. The van der Waals surface area contributed by atoms with Crippen molar-refractivity contribution < 1.29 is 37.1 Å². The van der Waals surface area contributed by atoms with Crippen LogP contribution in [-0.4, -0.2) is 58.8 Å². The Hall–Kier alpha value is -1.87. The summed E-state index contributed by atoms with van der Waals surface area (Å²) in [6.07, 6.45) is -5.38. The highest BCUT2D eigenvalue weighted by Crippen LogP contribution is 2.58. The van der Waals surface area contributed by atoms with E-state index >= 15 is 0 Å². The Morgan fingerprint density at radius 2 is 1.71 bits per heavy atom. The topological polar surface area (TPSA) is 86.7 Å². The van der Waals surface area contributed by atoms with Crippen LogP contribution in [0.4, 0.5) is 17.6 Å². The monoisotopic (exact) mass is 408 g/mol. The summed E-state index contributed by atoms with van der Waals surface area (Å²) >= 11 is 0. The molecule has 7 atom stereocenters. The van der Waals surface area contributed by atoms with Crippen molar-refractivity contribution >= 4 is 17.8 Å². The summed E-state index contributed by atoms with van der Waals surface area (Å²) in [6.45, 7) is 4.52. The fraction of sp³-hybridized carbons (Fsp3) is 0.833. The van der Waals surface area contributed by atoms with Crippen LogP contribution in [0, 0.1) is 29.1 Å². The minimum Gasteiger partial charge on any atom is -0.480 e. The van der Waals surface area contributed by atoms with Crippen molar-refractivity contribution in [3.05, 3.63) is 0 Å². The van der Waals surface area contributed by atoms with E-state index in [2.05, 4.69) is 0 Å². The Bertz CT molecular complexity index is 690. The van der Waals surface area contributed by atoms with E-state index in [4.69, 9.17) is 0 Å². The van der Waals surface area contributed by atoms with E-state index in [1.54, 1.807) is 5.32 Å². The van der Waals surface area contributed by atoms with Crippen LogP contribution in [0.2, 0.25) is 0 Å². The Morgan fingerprint density at radius 3 is 2.21 bits per heavy atom. The number of amides is 2. The zero-order valence-electron chi connectivity index (χ0n) is 15.8. The Balaban J connectivity index is 1.88. The number of carboxylic acid groups (broad SMARTS) is 1. The summed E-state index contributed by atoms with van der Waals surface area (Å²) in [6, 6.07) is -2.85. The largest absolute Gasteiger partial charge is 0.480 e. The molecule has 2 aliphatic carbocycles. The van der Waals surface area contributed by atoms with Gasteiger partial charge in [-0.05, 0) is 36.0 Å². The van der Waals surface area contributed by atoms with Gasteiger partial charge in [0.25, 0.3) is 0 Å². The molecule has 2 N–H and O–H groups in total. The van der Waals surface area contributed by atoms with E-state index in [9.17, 15) is 37.1 Å². The molecule has 0 aromatic heterocycles. The Labute approximate surface area is 159 Å². The third-order valence-corrected chi connectivity index (χ3v) is 6.45. The van der Waals surface area contributed by atoms with Crippen LogP contribution in [0.5, 0.6) is 0 Å². The number of aliphatic carboxylic acids is 1. The fourth-order valence-corrected chi connectivity index (χ4v) is 5.28. The fourth-order valence-electron chi connectivity index (χ4n) is 5.28. The minimum atomic E-state index is -5.17. The zero-order chi connectivity index (χ0) is 21.2.